The monoisotopic (exact) mass is 131 g/mol. The molecule has 0 aliphatic carbocycles. The molecule has 0 aromatic heterocycles. The Kier molecular flexibility index (Phi) is 3.20. The highest BCUT2D eigenvalue weighted by molar-refractivity contribution is 6.30. The molecule has 1 aromatic carbocycles. The molecule has 0 heterocycles. The van der Waals surface area contributed by atoms with Gasteiger partial charge in [0.2, 0.25) is 0 Å². The fraction of sp³-hybridized carbons (Fsp3) is 0. The van der Waals surface area contributed by atoms with E-state index in [1.807, 2.05) is 30.3 Å². The summed E-state index contributed by atoms with van der Waals surface area (Å²) in [5.41, 5.74) is 0. The van der Waals surface area contributed by atoms with Gasteiger partial charge < -0.3 is 4.70 Å². The fourth-order valence-corrected chi connectivity index (χ4v) is 0.560. The average molecular weight is 132 g/mol. The van der Waals surface area contributed by atoms with E-state index >= 15 is 0 Å². The van der Waals surface area contributed by atoms with Crippen molar-refractivity contribution in [3.8, 4) is 0 Å². The average Bonchev–Trinajstić information content (AvgIpc) is 1.69. The first kappa shape index (κ1) is 7.44. The minimum Gasteiger partial charge on any atom is -1.00 e. The summed E-state index contributed by atoms with van der Waals surface area (Å²) in [6, 6.07) is 9.44. The normalized spacial score (nSPS) is 7.62. The molecular formula is C6H5ClF-. The second-order valence-corrected chi connectivity index (χ2v) is 1.73. The van der Waals surface area contributed by atoms with Gasteiger partial charge in [0, 0.05) is 5.02 Å². The lowest BCUT2D eigenvalue weighted by Crippen LogP contribution is -3.00. The predicted octanol–water partition coefficient (Wildman–Crippen LogP) is -0.656. The van der Waals surface area contributed by atoms with Gasteiger partial charge in [-0.05, 0) is 12.1 Å². The highest BCUT2D eigenvalue weighted by atomic mass is 35.5. The van der Waals surface area contributed by atoms with Crippen LogP contribution in [0.4, 0.5) is 0 Å². The van der Waals surface area contributed by atoms with Crippen molar-refractivity contribution in [2.24, 2.45) is 0 Å². The largest absolute Gasteiger partial charge is 1.00 e. The van der Waals surface area contributed by atoms with Gasteiger partial charge in [-0.25, -0.2) is 0 Å². The molecule has 0 amide bonds. The van der Waals surface area contributed by atoms with E-state index in [4.69, 9.17) is 11.6 Å². The summed E-state index contributed by atoms with van der Waals surface area (Å²) in [5, 5.41) is 0.794. The molecule has 0 bridgehead atoms. The molecule has 0 spiro atoms. The van der Waals surface area contributed by atoms with Crippen LogP contribution in [-0.4, -0.2) is 0 Å². The van der Waals surface area contributed by atoms with Crippen LogP contribution in [0.1, 0.15) is 0 Å². The molecule has 0 N–H and O–H groups in total. The Labute approximate surface area is 52.5 Å². The smallest absolute Gasteiger partial charge is 0.0405 e. The van der Waals surface area contributed by atoms with E-state index in [-0.39, 0.29) is 4.70 Å². The van der Waals surface area contributed by atoms with Gasteiger partial charge in [0.1, 0.15) is 0 Å². The Bertz CT molecular complexity index is 138. The maximum absolute atomic E-state index is 5.54. The maximum Gasteiger partial charge on any atom is 0.0405 e. The topological polar surface area (TPSA) is 0 Å². The third-order valence-corrected chi connectivity index (χ3v) is 0.985. The van der Waals surface area contributed by atoms with E-state index in [2.05, 4.69) is 0 Å². The van der Waals surface area contributed by atoms with Gasteiger partial charge in [0.25, 0.3) is 0 Å². The van der Waals surface area contributed by atoms with Crippen molar-refractivity contribution < 1.29 is 4.70 Å². The first-order valence-corrected chi connectivity index (χ1v) is 2.48. The molecule has 0 atom stereocenters. The Morgan fingerprint density at radius 3 is 1.75 bits per heavy atom. The van der Waals surface area contributed by atoms with E-state index in [1.54, 1.807) is 0 Å². The molecule has 8 heavy (non-hydrogen) atoms. The summed E-state index contributed by atoms with van der Waals surface area (Å²) in [7, 11) is 0. The van der Waals surface area contributed by atoms with E-state index < -0.39 is 0 Å². The number of hydrogen-bond donors (Lipinski definition) is 0. The molecule has 0 unspecified atom stereocenters. The van der Waals surface area contributed by atoms with Gasteiger partial charge in [-0.15, -0.1) is 0 Å². The van der Waals surface area contributed by atoms with Crippen LogP contribution in [0.5, 0.6) is 0 Å². The second kappa shape index (κ2) is 3.44. The van der Waals surface area contributed by atoms with E-state index in [9.17, 15) is 0 Å². The zero-order valence-corrected chi connectivity index (χ0v) is 4.90. The number of rotatable bonds is 0. The maximum atomic E-state index is 5.54. The van der Waals surface area contributed by atoms with Crippen molar-refractivity contribution in [2.75, 3.05) is 0 Å². The van der Waals surface area contributed by atoms with Crippen LogP contribution in [0.15, 0.2) is 30.3 Å². The van der Waals surface area contributed by atoms with Crippen LogP contribution in [0.3, 0.4) is 0 Å². The van der Waals surface area contributed by atoms with E-state index in [1.165, 1.54) is 0 Å². The van der Waals surface area contributed by atoms with Crippen molar-refractivity contribution >= 4 is 11.6 Å². The van der Waals surface area contributed by atoms with Gasteiger partial charge >= 0.3 is 0 Å². The van der Waals surface area contributed by atoms with Gasteiger partial charge in [0.05, 0.1) is 0 Å². The number of benzene rings is 1. The molecule has 0 aliphatic rings. The summed E-state index contributed by atoms with van der Waals surface area (Å²) in [4.78, 5) is 0. The minimum atomic E-state index is 0. The molecule has 0 saturated carbocycles. The molecule has 0 aliphatic heterocycles. The predicted molar refractivity (Wildman–Crippen MR) is 31.5 cm³/mol. The van der Waals surface area contributed by atoms with Crippen molar-refractivity contribution in [1.82, 2.24) is 0 Å². The number of hydrogen-bond acceptors (Lipinski definition) is 0. The third kappa shape index (κ3) is 1.94. The zero-order valence-electron chi connectivity index (χ0n) is 4.14. The summed E-state index contributed by atoms with van der Waals surface area (Å²) in [6.45, 7) is 0. The van der Waals surface area contributed by atoms with Gasteiger partial charge in [0.15, 0.2) is 0 Å². The molecule has 0 radical (unpaired) electrons. The standard InChI is InChI=1S/C6H5Cl.FH/c7-6-4-2-1-3-5-6;/h1-5H;1H/p-1. The highest BCUT2D eigenvalue weighted by Crippen LogP contribution is 2.03. The SMILES string of the molecule is Clc1ccccc1.[F-]. The quantitative estimate of drug-likeness (QED) is 0.439. The molecule has 1 rings (SSSR count). The Balaban J connectivity index is 0.000000490. The molecule has 0 nitrogen and oxygen atoms in total. The van der Waals surface area contributed by atoms with Crippen LogP contribution < -0.4 is 4.70 Å². The van der Waals surface area contributed by atoms with Crippen LogP contribution in [0.25, 0.3) is 0 Å². The van der Waals surface area contributed by atoms with E-state index in [0.717, 1.165) is 5.02 Å². The van der Waals surface area contributed by atoms with Crippen molar-refractivity contribution in [1.29, 1.82) is 0 Å². The van der Waals surface area contributed by atoms with Gasteiger partial charge in [-0.1, -0.05) is 29.8 Å². The lowest BCUT2D eigenvalue weighted by atomic mass is 10.4. The Hall–Kier alpha value is -0.560. The van der Waals surface area contributed by atoms with Crippen molar-refractivity contribution in [3.63, 3.8) is 0 Å². The minimum absolute atomic E-state index is 0. The van der Waals surface area contributed by atoms with Crippen molar-refractivity contribution in [3.05, 3.63) is 35.4 Å². The lowest BCUT2D eigenvalue weighted by Gasteiger charge is -1.80. The zero-order chi connectivity index (χ0) is 5.11. The second-order valence-electron chi connectivity index (χ2n) is 1.30. The molecule has 0 saturated heterocycles. The van der Waals surface area contributed by atoms with Crippen LogP contribution in [0.2, 0.25) is 5.02 Å². The van der Waals surface area contributed by atoms with E-state index in [0.29, 0.717) is 0 Å². The summed E-state index contributed by atoms with van der Waals surface area (Å²) in [5.74, 6) is 0. The molecule has 0 fully saturated rings. The number of halogens is 2. The lowest BCUT2D eigenvalue weighted by molar-refractivity contribution is -0.00000131. The Morgan fingerprint density at radius 2 is 1.50 bits per heavy atom. The first-order chi connectivity index (χ1) is 3.39. The molecule has 1 aromatic rings. The highest BCUT2D eigenvalue weighted by Gasteiger charge is 1.74. The van der Waals surface area contributed by atoms with Crippen LogP contribution in [-0.2, 0) is 0 Å². The van der Waals surface area contributed by atoms with Crippen LogP contribution in [0, 0.1) is 0 Å². The Morgan fingerprint density at radius 1 is 1.00 bits per heavy atom. The third-order valence-electron chi connectivity index (χ3n) is 0.733. The first-order valence-electron chi connectivity index (χ1n) is 2.10. The summed E-state index contributed by atoms with van der Waals surface area (Å²) >= 11 is 5.54. The van der Waals surface area contributed by atoms with Gasteiger partial charge in [-0.3, -0.25) is 0 Å². The molecule has 44 valence electrons. The molecular weight excluding hydrogens is 127 g/mol. The summed E-state index contributed by atoms with van der Waals surface area (Å²) in [6.07, 6.45) is 0. The van der Waals surface area contributed by atoms with Crippen molar-refractivity contribution in [2.45, 2.75) is 0 Å². The van der Waals surface area contributed by atoms with Gasteiger partial charge in [-0.2, -0.15) is 0 Å². The summed E-state index contributed by atoms with van der Waals surface area (Å²) < 4.78 is 0. The fourth-order valence-electron chi connectivity index (χ4n) is 0.415. The van der Waals surface area contributed by atoms with Crippen LogP contribution >= 0.6 is 11.6 Å². The molecule has 2 heteroatoms.